The molecule has 0 saturated heterocycles. The van der Waals surface area contributed by atoms with Crippen LogP contribution in [0.15, 0.2) is 47.4 Å². The summed E-state index contributed by atoms with van der Waals surface area (Å²) in [5.41, 5.74) is -0.339. The first-order valence-electron chi connectivity index (χ1n) is 6.46. The second-order valence-electron chi connectivity index (χ2n) is 4.95. The molecular formula is C15H13ClF3NO2S. The largest absolute Gasteiger partial charge is 0.416 e. The van der Waals surface area contributed by atoms with Crippen LogP contribution in [0.2, 0.25) is 5.02 Å². The fraction of sp³-hybridized carbons (Fsp3) is 0.200. The quantitative estimate of drug-likeness (QED) is 0.805. The van der Waals surface area contributed by atoms with Gasteiger partial charge in [-0.1, -0.05) is 29.3 Å². The molecule has 2 aromatic rings. The van der Waals surface area contributed by atoms with E-state index in [-0.39, 0.29) is 15.6 Å². The lowest BCUT2D eigenvalue weighted by molar-refractivity contribution is -0.137. The third-order valence-corrected chi connectivity index (χ3v) is 5.40. The summed E-state index contributed by atoms with van der Waals surface area (Å²) in [6.45, 7) is 1.80. The summed E-state index contributed by atoms with van der Waals surface area (Å²) in [4.78, 5) is -0.0286. The molecule has 0 spiro atoms. The van der Waals surface area contributed by atoms with Gasteiger partial charge in [0.25, 0.3) is 10.0 Å². The van der Waals surface area contributed by atoms with Gasteiger partial charge in [0.1, 0.15) is 0 Å². The van der Waals surface area contributed by atoms with E-state index < -0.39 is 21.8 Å². The van der Waals surface area contributed by atoms with E-state index in [1.807, 2.05) is 0 Å². The topological polar surface area (TPSA) is 37.4 Å². The fourth-order valence-electron chi connectivity index (χ4n) is 1.93. The zero-order valence-electron chi connectivity index (χ0n) is 12.2. The van der Waals surface area contributed by atoms with Gasteiger partial charge < -0.3 is 0 Å². The molecule has 2 aromatic carbocycles. The van der Waals surface area contributed by atoms with Crippen LogP contribution in [0.25, 0.3) is 0 Å². The van der Waals surface area contributed by atoms with Crippen LogP contribution in [0.3, 0.4) is 0 Å². The molecule has 0 fully saturated rings. The Bertz CT molecular complexity index is 818. The third-order valence-electron chi connectivity index (χ3n) is 3.29. The first-order chi connectivity index (χ1) is 10.5. The summed E-state index contributed by atoms with van der Waals surface area (Å²) in [5, 5.41) is -0.0869. The zero-order chi connectivity index (χ0) is 17.4. The van der Waals surface area contributed by atoms with Gasteiger partial charge in [0.05, 0.1) is 21.2 Å². The normalized spacial score (nSPS) is 12.3. The van der Waals surface area contributed by atoms with Gasteiger partial charge in [0.2, 0.25) is 0 Å². The number of hydrogen-bond acceptors (Lipinski definition) is 2. The third kappa shape index (κ3) is 3.61. The Hall–Kier alpha value is -1.73. The van der Waals surface area contributed by atoms with Crippen molar-refractivity contribution >= 4 is 27.3 Å². The molecule has 0 N–H and O–H groups in total. The van der Waals surface area contributed by atoms with E-state index in [1.54, 1.807) is 19.1 Å². The molecule has 3 nitrogen and oxygen atoms in total. The minimum Gasteiger partial charge on any atom is -0.268 e. The molecule has 2 rings (SSSR count). The van der Waals surface area contributed by atoms with Gasteiger partial charge in [-0.3, -0.25) is 4.31 Å². The Labute approximate surface area is 137 Å². The van der Waals surface area contributed by atoms with Crippen LogP contribution in [0.4, 0.5) is 18.9 Å². The first-order valence-corrected chi connectivity index (χ1v) is 8.27. The molecule has 0 saturated carbocycles. The molecule has 0 heterocycles. The van der Waals surface area contributed by atoms with E-state index >= 15 is 0 Å². The highest BCUT2D eigenvalue weighted by molar-refractivity contribution is 7.92. The minimum absolute atomic E-state index is 0.0286. The van der Waals surface area contributed by atoms with E-state index in [0.29, 0.717) is 6.07 Å². The highest BCUT2D eigenvalue weighted by atomic mass is 35.5. The van der Waals surface area contributed by atoms with Crippen LogP contribution in [-0.4, -0.2) is 15.5 Å². The number of halogens is 4. The van der Waals surface area contributed by atoms with Crippen molar-refractivity contribution in [2.45, 2.75) is 18.0 Å². The van der Waals surface area contributed by atoms with Gasteiger partial charge in [-0.15, -0.1) is 0 Å². The van der Waals surface area contributed by atoms with Crippen molar-refractivity contribution in [3.8, 4) is 0 Å². The highest BCUT2D eigenvalue weighted by Crippen LogP contribution is 2.36. The summed E-state index contributed by atoms with van der Waals surface area (Å²) >= 11 is 5.89. The van der Waals surface area contributed by atoms with Gasteiger partial charge in [0, 0.05) is 7.05 Å². The molecule has 0 aliphatic rings. The Balaban J connectivity index is 2.51. The van der Waals surface area contributed by atoms with Crippen LogP contribution in [0, 0.1) is 6.92 Å². The van der Waals surface area contributed by atoms with Crippen molar-refractivity contribution in [3.63, 3.8) is 0 Å². The Morgan fingerprint density at radius 3 is 2.13 bits per heavy atom. The Morgan fingerprint density at radius 1 is 1.04 bits per heavy atom. The van der Waals surface area contributed by atoms with Crippen LogP contribution >= 0.6 is 11.6 Å². The number of sulfonamides is 1. The second kappa shape index (κ2) is 6.05. The average Bonchev–Trinajstić information content (AvgIpc) is 2.46. The summed E-state index contributed by atoms with van der Waals surface area (Å²) in [5.74, 6) is 0. The predicted octanol–water partition coefficient (Wildman–Crippen LogP) is 4.49. The van der Waals surface area contributed by atoms with E-state index in [0.717, 1.165) is 29.0 Å². The lowest BCUT2D eigenvalue weighted by Gasteiger charge is -2.22. The minimum atomic E-state index is -4.59. The lowest BCUT2D eigenvalue weighted by Crippen LogP contribution is -2.27. The van der Waals surface area contributed by atoms with Crippen molar-refractivity contribution in [2.24, 2.45) is 0 Å². The second-order valence-corrected chi connectivity index (χ2v) is 7.33. The first kappa shape index (κ1) is 17.6. The standard InChI is InChI=1S/C15H13ClF3NO2S/c1-10-3-6-12(7-4-10)23(21,22)20(2)14-9-11(15(17,18)19)5-8-13(14)16/h3-9H,1-2H3. The Morgan fingerprint density at radius 2 is 1.61 bits per heavy atom. The molecule has 0 aliphatic heterocycles. The van der Waals surface area contributed by atoms with Gasteiger partial charge >= 0.3 is 6.18 Å². The monoisotopic (exact) mass is 363 g/mol. The van der Waals surface area contributed by atoms with Gasteiger partial charge in [-0.25, -0.2) is 8.42 Å². The molecule has 124 valence electrons. The maximum atomic E-state index is 12.8. The Kier molecular flexibility index (Phi) is 4.64. The number of aryl methyl sites for hydroxylation is 1. The smallest absolute Gasteiger partial charge is 0.268 e. The summed E-state index contributed by atoms with van der Waals surface area (Å²) < 4.78 is 64.3. The molecule has 0 unspecified atom stereocenters. The van der Waals surface area contributed by atoms with Gasteiger partial charge in [-0.2, -0.15) is 13.2 Å². The van der Waals surface area contributed by atoms with Crippen LogP contribution in [0.1, 0.15) is 11.1 Å². The van der Waals surface area contributed by atoms with Crippen molar-refractivity contribution in [1.82, 2.24) is 0 Å². The SMILES string of the molecule is Cc1ccc(S(=O)(=O)N(C)c2cc(C(F)(F)F)ccc2Cl)cc1. The van der Waals surface area contributed by atoms with E-state index in [1.165, 1.54) is 12.1 Å². The van der Waals surface area contributed by atoms with Crippen molar-refractivity contribution in [1.29, 1.82) is 0 Å². The summed E-state index contributed by atoms with van der Waals surface area (Å²) in [6.07, 6.45) is -4.59. The van der Waals surface area contributed by atoms with Gasteiger partial charge in [-0.05, 0) is 37.3 Å². The van der Waals surface area contributed by atoms with E-state index in [4.69, 9.17) is 11.6 Å². The molecular weight excluding hydrogens is 351 g/mol. The van der Waals surface area contributed by atoms with E-state index in [2.05, 4.69) is 0 Å². The molecule has 8 heteroatoms. The number of hydrogen-bond donors (Lipinski definition) is 0. The van der Waals surface area contributed by atoms with Gasteiger partial charge in [0.15, 0.2) is 0 Å². The number of nitrogens with zero attached hydrogens (tertiary/aromatic N) is 1. The lowest BCUT2D eigenvalue weighted by atomic mass is 10.2. The van der Waals surface area contributed by atoms with E-state index in [9.17, 15) is 21.6 Å². The molecule has 0 atom stereocenters. The molecule has 0 amide bonds. The number of anilines is 1. The molecule has 0 radical (unpaired) electrons. The molecule has 0 aliphatic carbocycles. The predicted molar refractivity (Wildman–Crippen MR) is 83.2 cm³/mol. The van der Waals surface area contributed by atoms with Crippen LogP contribution in [-0.2, 0) is 16.2 Å². The van der Waals surface area contributed by atoms with Crippen molar-refractivity contribution < 1.29 is 21.6 Å². The van der Waals surface area contributed by atoms with Crippen molar-refractivity contribution in [2.75, 3.05) is 11.4 Å². The number of benzene rings is 2. The maximum absolute atomic E-state index is 12.8. The molecule has 23 heavy (non-hydrogen) atoms. The number of alkyl halides is 3. The van der Waals surface area contributed by atoms with Crippen LogP contribution in [0.5, 0.6) is 0 Å². The highest BCUT2D eigenvalue weighted by Gasteiger charge is 2.32. The molecule has 0 bridgehead atoms. The van der Waals surface area contributed by atoms with Crippen molar-refractivity contribution in [3.05, 3.63) is 58.6 Å². The zero-order valence-corrected chi connectivity index (χ0v) is 13.8. The summed E-state index contributed by atoms with van der Waals surface area (Å²) in [6, 6.07) is 8.54. The maximum Gasteiger partial charge on any atom is 0.416 e. The fourth-order valence-corrected chi connectivity index (χ4v) is 3.43. The molecule has 0 aromatic heterocycles. The summed E-state index contributed by atoms with van der Waals surface area (Å²) in [7, 11) is -2.85. The van der Waals surface area contributed by atoms with Crippen LogP contribution < -0.4 is 4.31 Å². The number of rotatable bonds is 3. The average molecular weight is 364 g/mol.